The minimum Gasteiger partial charge on any atom is -0.0616 e. The van der Waals surface area contributed by atoms with Crippen molar-refractivity contribution in [3.05, 3.63) is 145 Å². The zero-order valence-corrected chi connectivity index (χ0v) is 18.9. The zero-order valence-electron chi connectivity index (χ0n) is 18.9. The van der Waals surface area contributed by atoms with Gasteiger partial charge in [0.25, 0.3) is 0 Å². The van der Waals surface area contributed by atoms with Crippen LogP contribution in [0.3, 0.4) is 0 Å². The lowest BCUT2D eigenvalue weighted by molar-refractivity contribution is 1.61. The zero-order chi connectivity index (χ0) is 22.7. The fourth-order valence-corrected chi connectivity index (χ4v) is 4.69. The predicted octanol–water partition coefficient (Wildman–Crippen LogP) is 9.50. The molecule has 0 radical (unpaired) electrons. The minimum atomic E-state index is 1.20. The largest absolute Gasteiger partial charge is 0.0616 e. The first-order valence-corrected chi connectivity index (χ1v) is 11.7. The summed E-state index contributed by atoms with van der Waals surface area (Å²) in [6, 6.07) is 47.7. The van der Waals surface area contributed by atoms with E-state index in [9.17, 15) is 0 Å². The fourth-order valence-electron chi connectivity index (χ4n) is 4.69. The van der Waals surface area contributed by atoms with E-state index in [0.717, 1.165) is 0 Å². The maximum absolute atomic E-state index is 2.21. The van der Waals surface area contributed by atoms with Crippen molar-refractivity contribution in [2.24, 2.45) is 0 Å². The Labute approximate surface area is 200 Å². The molecule has 0 amide bonds. The molecule has 0 aliphatic carbocycles. The summed E-state index contributed by atoms with van der Waals surface area (Å²) in [5, 5.41) is 5.13. The summed E-state index contributed by atoms with van der Waals surface area (Å²) in [7, 11) is 0. The summed E-state index contributed by atoms with van der Waals surface area (Å²) >= 11 is 0. The van der Waals surface area contributed by atoms with Gasteiger partial charge in [0.2, 0.25) is 0 Å². The van der Waals surface area contributed by atoms with Gasteiger partial charge in [0.05, 0.1) is 0 Å². The van der Waals surface area contributed by atoms with E-state index in [1.54, 1.807) is 0 Å². The summed E-state index contributed by atoms with van der Waals surface area (Å²) < 4.78 is 0. The molecule has 0 aromatic heterocycles. The van der Waals surface area contributed by atoms with Gasteiger partial charge in [-0.3, -0.25) is 0 Å². The molecule has 0 aliphatic rings. The molecule has 0 N–H and O–H groups in total. The van der Waals surface area contributed by atoms with Crippen LogP contribution in [0.1, 0.15) is 11.1 Å². The molecule has 160 valence electrons. The highest BCUT2D eigenvalue weighted by atomic mass is 14.1. The Morgan fingerprint density at radius 2 is 0.706 bits per heavy atom. The van der Waals surface area contributed by atoms with Gasteiger partial charge in [0.15, 0.2) is 0 Å². The van der Waals surface area contributed by atoms with Crippen molar-refractivity contribution in [3.8, 4) is 22.3 Å². The van der Waals surface area contributed by atoms with Gasteiger partial charge < -0.3 is 0 Å². The molecule has 0 nitrogen and oxygen atoms in total. The average Bonchev–Trinajstić information content (AvgIpc) is 2.92. The second-order valence-corrected chi connectivity index (χ2v) is 8.63. The summed E-state index contributed by atoms with van der Waals surface area (Å²) in [5.41, 5.74) is 7.43. The molecule has 0 spiro atoms. The molecule has 34 heavy (non-hydrogen) atoms. The highest BCUT2D eigenvalue weighted by Gasteiger charge is 2.04. The van der Waals surface area contributed by atoms with Crippen molar-refractivity contribution in [1.82, 2.24) is 0 Å². The van der Waals surface area contributed by atoms with Crippen LogP contribution in [-0.4, -0.2) is 0 Å². The van der Waals surface area contributed by atoms with Crippen LogP contribution < -0.4 is 0 Å². The number of hydrogen-bond donors (Lipinski definition) is 0. The van der Waals surface area contributed by atoms with Crippen LogP contribution in [0.25, 0.3) is 56.0 Å². The number of hydrogen-bond acceptors (Lipinski definition) is 0. The highest BCUT2D eigenvalue weighted by Crippen LogP contribution is 2.30. The SMILES string of the molecule is C(=C/c1ccc(-c2cccc3ccccc23)cc1)/c1ccc(-c2cccc3ccccc23)cc1. The quantitative estimate of drug-likeness (QED) is 0.243. The monoisotopic (exact) mass is 432 g/mol. The summed E-state index contributed by atoms with van der Waals surface area (Å²) in [4.78, 5) is 0. The Morgan fingerprint density at radius 3 is 1.15 bits per heavy atom. The van der Waals surface area contributed by atoms with Crippen LogP contribution in [0, 0.1) is 0 Å². The fraction of sp³-hybridized carbons (Fsp3) is 0. The van der Waals surface area contributed by atoms with Gasteiger partial charge in [-0.1, -0.05) is 146 Å². The van der Waals surface area contributed by atoms with Crippen LogP contribution in [0.15, 0.2) is 133 Å². The molecule has 0 unspecified atom stereocenters. The summed E-state index contributed by atoms with van der Waals surface area (Å²) in [5.74, 6) is 0. The first kappa shape index (κ1) is 20.2. The molecule has 0 saturated carbocycles. The molecule has 0 fully saturated rings. The van der Waals surface area contributed by atoms with E-state index in [-0.39, 0.29) is 0 Å². The third-order valence-corrected chi connectivity index (χ3v) is 6.49. The minimum absolute atomic E-state index is 1.20. The molecule has 0 bridgehead atoms. The topological polar surface area (TPSA) is 0 Å². The molecule has 0 atom stereocenters. The second kappa shape index (κ2) is 8.84. The van der Waals surface area contributed by atoms with Crippen LogP contribution in [0.4, 0.5) is 0 Å². The van der Waals surface area contributed by atoms with Gasteiger partial charge in [-0.25, -0.2) is 0 Å². The van der Waals surface area contributed by atoms with E-state index in [4.69, 9.17) is 0 Å². The van der Waals surface area contributed by atoms with Crippen LogP contribution >= 0.6 is 0 Å². The molecule has 6 rings (SSSR count). The van der Waals surface area contributed by atoms with Crippen molar-refractivity contribution in [3.63, 3.8) is 0 Å². The summed E-state index contributed by atoms with van der Waals surface area (Å²) in [6.07, 6.45) is 4.36. The summed E-state index contributed by atoms with van der Waals surface area (Å²) in [6.45, 7) is 0. The van der Waals surface area contributed by atoms with E-state index >= 15 is 0 Å². The molecule has 0 heteroatoms. The van der Waals surface area contributed by atoms with Gasteiger partial charge in [-0.05, 0) is 54.9 Å². The molecular weight excluding hydrogens is 408 g/mol. The van der Waals surface area contributed by atoms with Gasteiger partial charge >= 0.3 is 0 Å². The Kier molecular flexibility index (Phi) is 5.26. The van der Waals surface area contributed by atoms with Crippen LogP contribution in [0.5, 0.6) is 0 Å². The maximum atomic E-state index is 2.21. The Bertz CT molecular complexity index is 1480. The van der Waals surface area contributed by atoms with Crippen molar-refractivity contribution in [2.75, 3.05) is 0 Å². The normalized spacial score (nSPS) is 11.4. The Balaban J connectivity index is 1.23. The molecule has 0 saturated heterocycles. The molecule has 6 aromatic carbocycles. The van der Waals surface area contributed by atoms with E-state index in [0.29, 0.717) is 0 Å². The lowest BCUT2D eigenvalue weighted by atomic mass is 9.97. The van der Waals surface area contributed by atoms with Crippen molar-refractivity contribution < 1.29 is 0 Å². The van der Waals surface area contributed by atoms with Gasteiger partial charge in [-0.2, -0.15) is 0 Å². The lowest BCUT2D eigenvalue weighted by Gasteiger charge is -2.08. The van der Waals surface area contributed by atoms with Crippen molar-refractivity contribution in [1.29, 1.82) is 0 Å². The van der Waals surface area contributed by atoms with E-state index in [1.165, 1.54) is 54.9 Å². The van der Waals surface area contributed by atoms with E-state index in [2.05, 4.69) is 146 Å². The first-order valence-electron chi connectivity index (χ1n) is 11.7. The Hall–Kier alpha value is -4.42. The van der Waals surface area contributed by atoms with Crippen molar-refractivity contribution in [2.45, 2.75) is 0 Å². The standard InChI is InChI=1S/C34H24/c1-3-11-31-27(7-1)9-5-13-33(31)29-21-17-25(18-22-29)15-16-26-19-23-30(24-20-26)34-14-6-10-28-8-2-4-12-32(28)34/h1-24H/b16-15-. The van der Waals surface area contributed by atoms with Crippen molar-refractivity contribution >= 4 is 33.7 Å². The average molecular weight is 433 g/mol. The number of fused-ring (bicyclic) bond motifs is 2. The smallest absolute Gasteiger partial charge is 0.0105 e. The molecular formula is C34H24. The third-order valence-electron chi connectivity index (χ3n) is 6.49. The molecule has 0 aliphatic heterocycles. The predicted molar refractivity (Wildman–Crippen MR) is 148 cm³/mol. The first-order chi connectivity index (χ1) is 16.8. The molecule has 6 aromatic rings. The Morgan fingerprint density at radius 1 is 0.324 bits per heavy atom. The highest BCUT2D eigenvalue weighted by molar-refractivity contribution is 5.97. The van der Waals surface area contributed by atoms with Gasteiger partial charge in [-0.15, -0.1) is 0 Å². The van der Waals surface area contributed by atoms with Gasteiger partial charge in [0, 0.05) is 0 Å². The molecule has 0 heterocycles. The van der Waals surface area contributed by atoms with E-state index < -0.39 is 0 Å². The second-order valence-electron chi connectivity index (χ2n) is 8.63. The van der Waals surface area contributed by atoms with Gasteiger partial charge in [0.1, 0.15) is 0 Å². The van der Waals surface area contributed by atoms with E-state index in [1.807, 2.05) is 0 Å². The lowest BCUT2D eigenvalue weighted by Crippen LogP contribution is -1.82. The third kappa shape index (κ3) is 3.91. The van der Waals surface area contributed by atoms with Crippen LogP contribution in [-0.2, 0) is 0 Å². The van der Waals surface area contributed by atoms with Crippen LogP contribution in [0.2, 0.25) is 0 Å². The number of rotatable bonds is 4. The maximum Gasteiger partial charge on any atom is -0.0105 e. The number of benzene rings is 6.